The van der Waals surface area contributed by atoms with Crippen LogP contribution in [0.2, 0.25) is 0 Å². The van der Waals surface area contributed by atoms with Crippen molar-refractivity contribution in [1.82, 2.24) is 0 Å². The molecule has 23 heteroatoms. The summed E-state index contributed by atoms with van der Waals surface area (Å²) in [6.45, 7) is 14.5. The first kappa shape index (κ1) is 61.2. The standard InChI is InChI=1S/C56H88O23/c1-24(2)12-11-17-55(8)45-26(46(67)70-10)20-54(7)28-13-14-32-52(4,5)33(16-18-53(32,6)27(28)15-19-56(45,54)51(68)79-55)75-50-44(34(60)29(59)23-71-50)78-47-38(64)37(63)41(25(3)72-47)76-49-40(66)43(36(62)31(22-58)74-49)77-48-39(65)42(69-9)35(61)30(21-57)73-48/h12-13,25-27,29-45,47-50,57-66H,11,14-23H2,1-10H3/t25-,26+,27+,29-,30-,31-,32+,33+,34+,35-,36-,37-,38-,39-,40-,41-,42+,43+,44-,45-,47+,48+,49+,50+,53-,54+,55-,56-/m1/s1. The van der Waals surface area contributed by atoms with Crippen molar-refractivity contribution in [1.29, 1.82) is 0 Å². The van der Waals surface area contributed by atoms with E-state index in [4.69, 9.17) is 52.1 Å². The van der Waals surface area contributed by atoms with E-state index >= 15 is 0 Å². The van der Waals surface area contributed by atoms with Crippen molar-refractivity contribution in [3.8, 4) is 0 Å². The van der Waals surface area contributed by atoms with Crippen molar-refractivity contribution in [3.63, 3.8) is 0 Å². The van der Waals surface area contributed by atoms with E-state index in [0.717, 1.165) is 12.8 Å². The number of hydrogen-bond donors (Lipinski definition) is 10. The molecule has 0 aromatic heterocycles. The van der Waals surface area contributed by atoms with E-state index in [-0.39, 0.29) is 41.7 Å². The summed E-state index contributed by atoms with van der Waals surface area (Å²) >= 11 is 0. The second-order valence-corrected chi connectivity index (χ2v) is 25.5. The van der Waals surface area contributed by atoms with Crippen LogP contribution in [0.25, 0.3) is 0 Å². The second-order valence-electron chi connectivity index (χ2n) is 25.5. The molecule has 3 saturated carbocycles. The Kier molecular flexibility index (Phi) is 17.8. The van der Waals surface area contributed by atoms with Crippen LogP contribution in [0, 0.1) is 45.3 Å². The highest BCUT2D eigenvalue weighted by Crippen LogP contribution is 2.77. The van der Waals surface area contributed by atoms with Gasteiger partial charge in [-0.15, -0.1) is 0 Å². The molecule has 0 unspecified atom stereocenters. The van der Waals surface area contributed by atoms with Gasteiger partial charge in [-0.1, -0.05) is 51.0 Å². The monoisotopic (exact) mass is 1130 g/mol. The summed E-state index contributed by atoms with van der Waals surface area (Å²) in [6, 6.07) is 0. The van der Waals surface area contributed by atoms with Gasteiger partial charge in [0.25, 0.3) is 0 Å². The molecule has 5 heterocycles. The molecular formula is C56H88O23. The summed E-state index contributed by atoms with van der Waals surface area (Å²) in [5.74, 6) is -1.26. The molecule has 28 atom stereocenters. The summed E-state index contributed by atoms with van der Waals surface area (Å²) in [4.78, 5) is 28.5. The fraction of sp³-hybridized carbons (Fsp3) is 0.893. The van der Waals surface area contributed by atoms with Crippen LogP contribution in [-0.4, -0.2) is 225 Å². The maximum Gasteiger partial charge on any atom is 0.313 e. The van der Waals surface area contributed by atoms with E-state index in [1.165, 1.54) is 32.3 Å². The Balaban J connectivity index is 0.887. The normalized spacial score (nSPS) is 51.2. The SMILES string of the molecule is COC(=O)[C@H]1C[C@@]2(C)C3=CC[C@H]4C(C)(C)[C@@H](O[C@@H]5OC[C@@H](O)[C@H](O)[C@H]5O[C@@H]5O[C@H](C)[C@@H](O[C@@H]6O[C@H](CO)[C@@H](O)[C@H](O[C@@H]7O[C@H](CO)[C@@H](O)[C@H](OC)[C@H]7O)[C@H]6O)[C@H](O)[C@H]5O)CC[C@]4(C)[C@H]3CC[C@@]23C(=O)O[C@](C)(CCC=C(C)C)[C@@H]13. The van der Waals surface area contributed by atoms with E-state index < -0.39 is 164 Å². The minimum Gasteiger partial charge on any atom is -0.469 e. The molecule has 0 aromatic carbocycles. The smallest absolute Gasteiger partial charge is 0.313 e. The summed E-state index contributed by atoms with van der Waals surface area (Å²) < 4.78 is 65.5. The van der Waals surface area contributed by atoms with Gasteiger partial charge in [0.05, 0.1) is 50.5 Å². The average molecular weight is 1130 g/mol. The molecule has 23 nitrogen and oxygen atoms in total. The zero-order chi connectivity index (χ0) is 57.6. The van der Waals surface area contributed by atoms with Crippen molar-refractivity contribution in [2.75, 3.05) is 34.0 Å². The number of cyclic esters (lactones) is 1. The van der Waals surface area contributed by atoms with Crippen LogP contribution >= 0.6 is 0 Å². The molecule has 0 bridgehead atoms. The predicted molar refractivity (Wildman–Crippen MR) is 271 cm³/mol. The topological polar surface area (TPSA) is 338 Å². The number of carbonyl (C=O) groups excluding carboxylic acids is 2. The van der Waals surface area contributed by atoms with Gasteiger partial charge in [-0.3, -0.25) is 9.59 Å². The summed E-state index contributed by atoms with van der Waals surface area (Å²) in [6.07, 6.45) is -20.8. The highest BCUT2D eigenvalue weighted by molar-refractivity contribution is 5.87. The molecule has 9 aliphatic rings. The largest absolute Gasteiger partial charge is 0.469 e. The molecule has 8 fully saturated rings. The van der Waals surface area contributed by atoms with Crippen molar-refractivity contribution < 1.29 is 113 Å². The molecule has 9 rings (SSSR count). The average Bonchev–Trinajstić information content (AvgIpc) is 3.80. The van der Waals surface area contributed by atoms with Crippen LogP contribution < -0.4 is 0 Å². The number of aliphatic hydroxyl groups excluding tert-OH is 10. The number of rotatable bonds is 15. The molecule has 0 amide bonds. The minimum absolute atomic E-state index is 0.0609. The van der Waals surface area contributed by atoms with Crippen LogP contribution in [0.3, 0.4) is 0 Å². The first-order valence-corrected chi connectivity index (χ1v) is 28.2. The number of esters is 2. The van der Waals surface area contributed by atoms with E-state index in [1.807, 2.05) is 20.8 Å². The van der Waals surface area contributed by atoms with Gasteiger partial charge in [0.1, 0.15) is 91.1 Å². The third kappa shape index (κ3) is 10.1. The highest BCUT2D eigenvalue weighted by Gasteiger charge is 2.79. The van der Waals surface area contributed by atoms with Crippen molar-refractivity contribution >= 4 is 11.9 Å². The van der Waals surface area contributed by atoms with Gasteiger partial charge in [0.2, 0.25) is 0 Å². The Hall–Kier alpha value is -2.34. The Bertz CT molecular complexity index is 2240. The Labute approximate surface area is 461 Å². The molecular weight excluding hydrogens is 1040 g/mol. The number of fused-ring (bicyclic) bond motifs is 4. The quantitative estimate of drug-likeness (QED) is 0.0763. The van der Waals surface area contributed by atoms with Gasteiger partial charge in [0.15, 0.2) is 25.2 Å². The number of hydrogen-bond acceptors (Lipinski definition) is 23. The fourth-order valence-corrected chi connectivity index (χ4v) is 16.5. The van der Waals surface area contributed by atoms with E-state index in [0.29, 0.717) is 38.5 Å². The molecule has 1 spiro atoms. The maximum absolute atomic E-state index is 14.7. The first-order chi connectivity index (χ1) is 37.2. The lowest BCUT2D eigenvalue weighted by molar-refractivity contribution is -0.389. The van der Waals surface area contributed by atoms with Crippen LogP contribution in [0.15, 0.2) is 23.3 Å². The molecule has 0 radical (unpaired) electrons. The molecule has 450 valence electrons. The van der Waals surface area contributed by atoms with E-state index in [1.54, 1.807) is 0 Å². The number of carbonyl (C=O) groups is 2. The summed E-state index contributed by atoms with van der Waals surface area (Å²) in [5.41, 5.74) is -0.800. The van der Waals surface area contributed by atoms with Crippen molar-refractivity contribution in [3.05, 3.63) is 23.3 Å². The fourth-order valence-electron chi connectivity index (χ4n) is 16.5. The van der Waals surface area contributed by atoms with Gasteiger partial charge < -0.3 is 103 Å². The molecule has 5 saturated heterocycles. The van der Waals surface area contributed by atoms with Gasteiger partial charge in [0, 0.05) is 18.4 Å². The second kappa shape index (κ2) is 22.9. The molecule has 4 aliphatic carbocycles. The van der Waals surface area contributed by atoms with Crippen molar-refractivity contribution in [2.24, 2.45) is 45.3 Å². The van der Waals surface area contributed by atoms with Gasteiger partial charge in [-0.25, -0.2) is 0 Å². The van der Waals surface area contributed by atoms with Crippen LogP contribution in [0.1, 0.15) is 107 Å². The Morgan fingerprint density at radius 3 is 1.95 bits per heavy atom. The van der Waals surface area contributed by atoms with Gasteiger partial charge in [-0.2, -0.15) is 0 Å². The third-order valence-corrected chi connectivity index (χ3v) is 20.6. The summed E-state index contributed by atoms with van der Waals surface area (Å²) in [5, 5.41) is 110. The highest BCUT2D eigenvalue weighted by atomic mass is 16.8. The zero-order valence-electron chi connectivity index (χ0n) is 47.1. The molecule has 10 N–H and O–H groups in total. The lowest BCUT2D eigenvalue weighted by Gasteiger charge is -2.64. The zero-order valence-corrected chi connectivity index (χ0v) is 47.1. The number of ether oxygens (including phenoxy) is 11. The summed E-state index contributed by atoms with van der Waals surface area (Å²) in [7, 11) is 2.62. The lowest BCUT2D eigenvalue weighted by atomic mass is 9.41. The van der Waals surface area contributed by atoms with E-state index in [2.05, 4.69) is 39.8 Å². The van der Waals surface area contributed by atoms with E-state index in [9.17, 15) is 60.7 Å². The Morgan fingerprint density at radius 2 is 1.33 bits per heavy atom. The lowest BCUT2D eigenvalue weighted by Crippen LogP contribution is -2.67. The first-order valence-electron chi connectivity index (χ1n) is 28.2. The van der Waals surface area contributed by atoms with Crippen LogP contribution in [-0.2, 0) is 61.7 Å². The molecule has 5 aliphatic heterocycles. The number of methoxy groups -OCH3 is 2. The van der Waals surface area contributed by atoms with Crippen LogP contribution in [0.5, 0.6) is 0 Å². The maximum atomic E-state index is 14.7. The van der Waals surface area contributed by atoms with Gasteiger partial charge >= 0.3 is 11.9 Å². The third-order valence-electron chi connectivity index (χ3n) is 20.6. The molecule has 0 aromatic rings. The van der Waals surface area contributed by atoms with Gasteiger partial charge in [-0.05, 0) is 102 Å². The Morgan fingerprint density at radius 1 is 0.722 bits per heavy atom. The number of aliphatic hydroxyl groups is 10. The minimum atomic E-state index is -1.91. The number of allylic oxidation sites excluding steroid dienone is 4. The predicted octanol–water partition coefficient (Wildman–Crippen LogP) is 0.0112. The van der Waals surface area contributed by atoms with Crippen LogP contribution in [0.4, 0.5) is 0 Å². The van der Waals surface area contributed by atoms with Crippen molar-refractivity contribution in [2.45, 2.75) is 235 Å². The molecule has 79 heavy (non-hydrogen) atoms.